The van der Waals surface area contributed by atoms with Crippen molar-refractivity contribution < 1.29 is 4.74 Å². The highest BCUT2D eigenvalue weighted by molar-refractivity contribution is 6.28. The molecule has 2 aromatic rings. The molecule has 2 rings (SSSR count). The van der Waals surface area contributed by atoms with E-state index in [2.05, 4.69) is 16.3 Å². The van der Waals surface area contributed by atoms with Crippen molar-refractivity contribution in [3.63, 3.8) is 0 Å². The summed E-state index contributed by atoms with van der Waals surface area (Å²) >= 11 is 6.02. The largest absolute Gasteiger partial charge is 0.496 e. The Balaban J connectivity index is 2.13. The van der Waals surface area contributed by atoms with Gasteiger partial charge >= 0.3 is 0 Å². The zero-order valence-corrected chi connectivity index (χ0v) is 11.3. The van der Waals surface area contributed by atoms with Gasteiger partial charge < -0.3 is 9.30 Å². The first kappa shape index (κ1) is 12.9. The Kier molecular flexibility index (Phi) is 4.20. The first-order valence-corrected chi connectivity index (χ1v) is 6.33. The van der Waals surface area contributed by atoms with Crippen LogP contribution in [-0.4, -0.2) is 21.9 Å². The van der Waals surface area contributed by atoms with Gasteiger partial charge in [0.15, 0.2) is 0 Å². The molecule has 1 heterocycles. The van der Waals surface area contributed by atoms with Crippen LogP contribution in [0.2, 0.25) is 5.28 Å². The molecule has 0 atom stereocenters. The summed E-state index contributed by atoms with van der Waals surface area (Å²) in [6.07, 6.45) is 1.67. The van der Waals surface area contributed by atoms with Crippen molar-refractivity contribution in [2.45, 2.75) is 26.3 Å². The number of methoxy groups -OCH3 is 1. The zero-order valence-electron chi connectivity index (χ0n) is 10.6. The van der Waals surface area contributed by atoms with Gasteiger partial charge in [0.05, 0.1) is 7.11 Å². The molecule has 0 fully saturated rings. The van der Waals surface area contributed by atoms with Gasteiger partial charge in [-0.1, -0.05) is 25.1 Å². The molecule has 0 amide bonds. The normalized spacial score (nSPS) is 10.6. The maximum absolute atomic E-state index is 6.02. The van der Waals surface area contributed by atoms with Gasteiger partial charge in [-0.05, 0) is 29.7 Å². The Morgan fingerprint density at radius 2 is 2.06 bits per heavy atom. The first-order chi connectivity index (χ1) is 8.76. The van der Waals surface area contributed by atoms with Crippen LogP contribution in [0.25, 0.3) is 0 Å². The molecule has 4 nitrogen and oxygen atoms in total. The van der Waals surface area contributed by atoms with E-state index in [0.29, 0.717) is 5.28 Å². The van der Waals surface area contributed by atoms with Crippen molar-refractivity contribution >= 4 is 11.6 Å². The van der Waals surface area contributed by atoms with Crippen molar-refractivity contribution in [1.82, 2.24) is 14.8 Å². The Morgan fingerprint density at radius 3 is 2.78 bits per heavy atom. The molecule has 0 N–H and O–H groups in total. The number of halogens is 1. The second kappa shape index (κ2) is 5.87. The van der Waals surface area contributed by atoms with Crippen LogP contribution in [0.5, 0.6) is 5.75 Å². The van der Waals surface area contributed by atoms with Crippen LogP contribution in [0, 0.1) is 0 Å². The van der Waals surface area contributed by atoms with Crippen molar-refractivity contribution in [3.8, 4) is 5.75 Å². The summed E-state index contributed by atoms with van der Waals surface area (Å²) in [7, 11) is 1.68. The van der Waals surface area contributed by atoms with Gasteiger partial charge in [-0.15, -0.1) is 10.2 Å². The molecule has 0 saturated heterocycles. The molecule has 0 aliphatic rings. The maximum Gasteiger partial charge on any atom is 0.225 e. The molecule has 0 spiro atoms. The molecule has 1 aromatic heterocycles. The second-order valence-corrected chi connectivity index (χ2v) is 4.29. The van der Waals surface area contributed by atoms with Crippen LogP contribution in [0.4, 0.5) is 0 Å². The van der Waals surface area contributed by atoms with Crippen LogP contribution in [0.15, 0.2) is 24.3 Å². The van der Waals surface area contributed by atoms with E-state index in [1.165, 1.54) is 0 Å². The summed E-state index contributed by atoms with van der Waals surface area (Å²) in [5.74, 6) is 1.81. The fourth-order valence-electron chi connectivity index (χ4n) is 1.94. The van der Waals surface area contributed by atoms with Gasteiger partial charge in [-0.3, -0.25) is 0 Å². The maximum atomic E-state index is 6.02. The van der Waals surface area contributed by atoms with Crippen molar-refractivity contribution in [2.24, 2.45) is 0 Å². The number of ether oxygens (including phenoxy) is 1. The molecule has 0 saturated carbocycles. The topological polar surface area (TPSA) is 39.9 Å². The average molecular weight is 266 g/mol. The van der Waals surface area contributed by atoms with E-state index in [4.69, 9.17) is 16.3 Å². The summed E-state index contributed by atoms with van der Waals surface area (Å²) in [4.78, 5) is 0. The monoisotopic (exact) mass is 265 g/mol. The smallest absolute Gasteiger partial charge is 0.225 e. The molecule has 96 valence electrons. The minimum absolute atomic E-state index is 0.446. The fraction of sp³-hybridized carbons (Fsp3) is 0.385. The SMILES string of the molecule is CCc1nnc(Cl)n1CCc1ccccc1OC. The Bertz CT molecular complexity index is 525. The third-order valence-corrected chi connectivity index (χ3v) is 3.18. The summed E-state index contributed by atoms with van der Waals surface area (Å²) in [5, 5.41) is 8.37. The number of aryl methyl sites for hydroxylation is 2. The summed E-state index contributed by atoms with van der Waals surface area (Å²) in [6, 6.07) is 7.99. The Hall–Kier alpha value is -1.55. The van der Waals surface area contributed by atoms with E-state index in [1.54, 1.807) is 7.11 Å². The van der Waals surface area contributed by atoms with E-state index in [-0.39, 0.29) is 0 Å². The lowest BCUT2D eigenvalue weighted by Gasteiger charge is -2.10. The lowest BCUT2D eigenvalue weighted by Crippen LogP contribution is -2.06. The molecule has 0 aliphatic carbocycles. The minimum Gasteiger partial charge on any atom is -0.496 e. The van der Waals surface area contributed by atoms with Gasteiger partial charge in [-0.25, -0.2) is 0 Å². The summed E-state index contributed by atoms with van der Waals surface area (Å²) in [5.41, 5.74) is 1.16. The molecule has 0 aliphatic heterocycles. The Morgan fingerprint density at radius 1 is 1.28 bits per heavy atom. The molecule has 0 radical (unpaired) electrons. The molecular formula is C13H16ClN3O. The molecular weight excluding hydrogens is 250 g/mol. The van der Waals surface area contributed by atoms with E-state index in [1.807, 2.05) is 29.7 Å². The van der Waals surface area contributed by atoms with Gasteiger partial charge in [0.1, 0.15) is 11.6 Å². The number of aromatic nitrogens is 3. The lowest BCUT2D eigenvalue weighted by molar-refractivity contribution is 0.408. The van der Waals surface area contributed by atoms with Gasteiger partial charge in [-0.2, -0.15) is 0 Å². The third-order valence-electron chi connectivity index (χ3n) is 2.90. The van der Waals surface area contributed by atoms with E-state index in [9.17, 15) is 0 Å². The van der Waals surface area contributed by atoms with Gasteiger partial charge in [0.2, 0.25) is 5.28 Å². The predicted molar refractivity (Wildman–Crippen MR) is 71.1 cm³/mol. The minimum atomic E-state index is 0.446. The number of nitrogens with zero attached hydrogens (tertiary/aromatic N) is 3. The molecule has 5 heteroatoms. The summed E-state index contributed by atoms with van der Waals surface area (Å²) in [6.45, 7) is 2.80. The average Bonchev–Trinajstić information content (AvgIpc) is 2.77. The highest BCUT2D eigenvalue weighted by atomic mass is 35.5. The molecule has 18 heavy (non-hydrogen) atoms. The van der Waals surface area contributed by atoms with Crippen LogP contribution in [0.3, 0.4) is 0 Å². The van der Waals surface area contributed by atoms with E-state index < -0.39 is 0 Å². The number of hydrogen-bond acceptors (Lipinski definition) is 3. The standard InChI is InChI=1S/C13H16ClN3O/c1-3-12-15-16-13(14)17(12)9-8-10-6-4-5-7-11(10)18-2/h4-7H,3,8-9H2,1-2H3. The second-order valence-electron chi connectivity index (χ2n) is 3.95. The van der Waals surface area contributed by atoms with Crippen LogP contribution in [0.1, 0.15) is 18.3 Å². The molecule has 0 bridgehead atoms. The Labute approximate surface area is 112 Å². The van der Waals surface area contributed by atoms with Crippen LogP contribution >= 0.6 is 11.6 Å². The number of rotatable bonds is 5. The highest BCUT2D eigenvalue weighted by Crippen LogP contribution is 2.19. The van der Waals surface area contributed by atoms with Crippen LogP contribution in [-0.2, 0) is 19.4 Å². The van der Waals surface area contributed by atoms with Crippen molar-refractivity contribution in [2.75, 3.05) is 7.11 Å². The number of benzene rings is 1. The van der Waals surface area contributed by atoms with Crippen LogP contribution < -0.4 is 4.74 Å². The van der Waals surface area contributed by atoms with E-state index in [0.717, 1.165) is 36.5 Å². The van der Waals surface area contributed by atoms with Crippen molar-refractivity contribution in [3.05, 3.63) is 40.9 Å². The van der Waals surface area contributed by atoms with Gasteiger partial charge in [0.25, 0.3) is 0 Å². The molecule has 1 aromatic carbocycles. The first-order valence-electron chi connectivity index (χ1n) is 5.95. The quantitative estimate of drug-likeness (QED) is 0.835. The summed E-state index contributed by atoms with van der Waals surface area (Å²) < 4.78 is 7.27. The van der Waals surface area contributed by atoms with Gasteiger partial charge in [0, 0.05) is 13.0 Å². The lowest BCUT2D eigenvalue weighted by atomic mass is 10.1. The van der Waals surface area contributed by atoms with Crippen molar-refractivity contribution in [1.29, 1.82) is 0 Å². The fourth-order valence-corrected chi connectivity index (χ4v) is 2.16. The molecule has 0 unspecified atom stereocenters. The number of hydrogen-bond donors (Lipinski definition) is 0. The van der Waals surface area contributed by atoms with E-state index >= 15 is 0 Å². The zero-order chi connectivity index (χ0) is 13.0. The highest BCUT2D eigenvalue weighted by Gasteiger charge is 2.09. The third kappa shape index (κ3) is 2.64. The number of para-hydroxylation sites is 1. The predicted octanol–water partition coefficient (Wildman–Crippen LogP) is 2.75.